The average Bonchev–Trinajstić information content (AvgIpc) is 1.80. The number of hydroxylamine groups is 2. The zero-order chi connectivity index (χ0) is 9.78. The molecular weight excluding hydrogens is 168 g/mol. The number of rotatable bonds is 3. The molecular formula is C7H11F2NO2. The normalized spacial score (nSPS) is 12.5. The minimum atomic E-state index is -2.98. The Morgan fingerprint density at radius 2 is 2.00 bits per heavy atom. The van der Waals surface area contributed by atoms with Crippen molar-refractivity contribution in [3.05, 3.63) is 12.2 Å². The first-order chi connectivity index (χ1) is 5.31. The van der Waals surface area contributed by atoms with Crippen LogP contribution in [-0.2, 0) is 9.63 Å². The Balaban J connectivity index is 3.93. The SMILES string of the molecule is CN(C)OC(=O)/C=C/C(C)(F)F. The molecule has 0 aromatic carbocycles. The van der Waals surface area contributed by atoms with Crippen molar-refractivity contribution in [1.29, 1.82) is 0 Å². The molecule has 3 nitrogen and oxygen atoms in total. The van der Waals surface area contributed by atoms with Gasteiger partial charge in [-0.05, 0) is 6.08 Å². The first-order valence-electron chi connectivity index (χ1n) is 3.27. The van der Waals surface area contributed by atoms with Crippen LogP contribution < -0.4 is 0 Å². The second-order valence-corrected chi connectivity index (χ2v) is 2.51. The summed E-state index contributed by atoms with van der Waals surface area (Å²) in [5, 5.41) is 1.13. The lowest BCUT2D eigenvalue weighted by atomic mass is 10.3. The van der Waals surface area contributed by atoms with Gasteiger partial charge in [-0.15, -0.1) is 5.06 Å². The van der Waals surface area contributed by atoms with E-state index in [0.717, 1.165) is 5.06 Å². The molecule has 0 aromatic rings. The summed E-state index contributed by atoms with van der Waals surface area (Å²) in [4.78, 5) is 15.0. The van der Waals surface area contributed by atoms with Crippen LogP contribution in [0.25, 0.3) is 0 Å². The standard InChI is InChI=1S/C7H11F2NO2/c1-7(8,9)5-4-6(11)12-10(2)3/h4-5H,1-3H3/b5-4+. The lowest BCUT2D eigenvalue weighted by molar-refractivity contribution is -0.171. The van der Waals surface area contributed by atoms with Crippen LogP contribution in [0.15, 0.2) is 12.2 Å². The van der Waals surface area contributed by atoms with Crippen LogP contribution in [-0.4, -0.2) is 31.1 Å². The summed E-state index contributed by atoms with van der Waals surface area (Å²) in [7, 11) is 2.96. The van der Waals surface area contributed by atoms with Gasteiger partial charge in [0.15, 0.2) is 0 Å². The quantitative estimate of drug-likeness (QED) is 0.482. The molecule has 0 atom stereocenters. The van der Waals surface area contributed by atoms with Crippen molar-refractivity contribution in [2.45, 2.75) is 12.8 Å². The fraction of sp³-hybridized carbons (Fsp3) is 0.571. The fourth-order valence-electron chi connectivity index (χ4n) is 0.425. The van der Waals surface area contributed by atoms with E-state index >= 15 is 0 Å². The van der Waals surface area contributed by atoms with Crippen LogP contribution in [0, 0.1) is 0 Å². The number of alkyl halides is 2. The van der Waals surface area contributed by atoms with Crippen LogP contribution in [0.5, 0.6) is 0 Å². The van der Waals surface area contributed by atoms with Gasteiger partial charge in [0, 0.05) is 27.1 Å². The van der Waals surface area contributed by atoms with Crippen molar-refractivity contribution in [2.75, 3.05) is 14.1 Å². The third-order valence-corrected chi connectivity index (χ3v) is 0.785. The Morgan fingerprint density at radius 3 is 2.33 bits per heavy atom. The van der Waals surface area contributed by atoms with E-state index in [1.54, 1.807) is 0 Å². The number of carbonyl (C=O) groups is 1. The van der Waals surface area contributed by atoms with Crippen molar-refractivity contribution < 1.29 is 18.4 Å². The molecule has 70 valence electrons. The Morgan fingerprint density at radius 1 is 1.50 bits per heavy atom. The largest absolute Gasteiger partial charge is 0.365 e. The molecule has 0 rings (SSSR count). The predicted octanol–water partition coefficient (Wildman–Crippen LogP) is 1.22. The monoisotopic (exact) mass is 179 g/mol. The number of nitrogens with zero attached hydrogens (tertiary/aromatic N) is 1. The number of carbonyl (C=O) groups excluding carboxylic acids is 1. The third kappa shape index (κ3) is 7.14. The van der Waals surface area contributed by atoms with Gasteiger partial charge >= 0.3 is 5.97 Å². The minimum absolute atomic E-state index is 0.485. The van der Waals surface area contributed by atoms with E-state index in [0.29, 0.717) is 19.1 Å². The molecule has 0 aliphatic heterocycles. The number of halogens is 2. The van der Waals surface area contributed by atoms with Gasteiger partial charge in [0.2, 0.25) is 0 Å². The summed E-state index contributed by atoms with van der Waals surface area (Å²) in [5.41, 5.74) is 0. The molecule has 0 aliphatic rings. The Bertz CT molecular complexity index is 184. The molecule has 0 spiro atoms. The van der Waals surface area contributed by atoms with Crippen LogP contribution in [0.2, 0.25) is 0 Å². The highest BCUT2D eigenvalue weighted by molar-refractivity contribution is 5.81. The van der Waals surface area contributed by atoms with Gasteiger partial charge in [0.05, 0.1) is 0 Å². The zero-order valence-corrected chi connectivity index (χ0v) is 7.17. The Hall–Kier alpha value is -0.970. The Labute approximate surface area is 69.6 Å². The zero-order valence-electron chi connectivity index (χ0n) is 7.17. The minimum Gasteiger partial charge on any atom is -0.365 e. The smallest absolute Gasteiger partial charge is 0.349 e. The summed E-state index contributed by atoms with van der Waals surface area (Å²) in [6.07, 6.45) is 1.18. The summed E-state index contributed by atoms with van der Waals surface area (Å²) in [5.74, 6) is -3.80. The van der Waals surface area contributed by atoms with E-state index in [1.165, 1.54) is 14.1 Å². The second kappa shape index (κ2) is 4.15. The summed E-state index contributed by atoms with van der Waals surface area (Å²) >= 11 is 0. The van der Waals surface area contributed by atoms with Gasteiger partial charge < -0.3 is 4.84 Å². The lowest BCUT2D eigenvalue weighted by Gasteiger charge is -2.07. The molecule has 0 heterocycles. The number of allylic oxidation sites excluding steroid dienone is 1. The summed E-state index contributed by atoms with van der Waals surface area (Å²) in [6.45, 7) is 0.687. The molecule has 0 unspecified atom stereocenters. The molecule has 12 heavy (non-hydrogen) atoms. The second-order valence-electron chi connectivity index (χ2n) is 2.51. The van der Waals surface area contributed by atoms with Gasteiger partial charge in [-0.2, -0.15) is 0 Å². The van der Waals surface area contributed by atoms with Gasteiger partial charge in [-0.25, -0.2) is 13.6 Å². The maximum Gasteiger partial charge on any atom is 0.349 e. The van der Waals surface area contributed by atoms with Crippen LogP contribution in [0.4, 0.5) is 8.78 Å². The van der Waals surface area contributed by atoms with Gasteiger partial charge in [-0.1, -0.05) is 0 Å². The van der Waals surface area contributed by atoms with Gasteiger partial charge in [0.25, 0.3) is 5.92 Å². The molecule has 0 radical (unpaired) electrons. The van der Waals surface area contributed by atoms with Crippen molar-refractivity contribution >= 4 is 5.97 Å². The molecule has 0 bridgehead atoms. The first kappa shape index (κ1) is 11.0. The van der Waals surface area contributed by atoms with Crippen molar-refractivity contribution in [1.82, 2.24) is 5.06 Å². The van der Waals surface area contributed by atoms with Crippen LogP contribution in [0.1, 0.15) is 6.92 Å². The summed E-state index contributed by atoms with van der Waals surface area (Å²) in [6, 6.07) is 0. The topological polar surface area (TPSA) is 29.5 Å². The van der Waals surface area contributed by atoms with E-state index < -0.39 is 11.9 Å². The molecule has 0 aromatic heterocycles. The third-order valence-electron chi connectivity index (χ3n) is 0.785. The van der Waals surface area contributed by atoms with Crippen molar-refractivity contribution in [3.8, 4) is 0 Å². The number of hydrogen-bond donors (Lipinski definition) is 0. The maximum absolute atomic E-state index is 12.1. The van der Waals surface area contributed by atoms with E-state index in [4.69, 9.17) is 0 Å². The Kier molecular flexibility index (Phi) is 3.82. The molecule has 0 amide bonds. The van der Waals surface area contributed by atoms with E-state index in [9.17, 15) is 13.6 Å². The molecule has 0 aliphatic carbocycles. The average molecular weight is 179 g/mol. The van der Waals surface area contributed by atoms with Crippen molar-refractivity contribution in [3.63, 3.8) is 0 Å². The van der Waals surface area contributed by atoms with E-state index in [1.807, 2.05) is 0 Å². The molecule has 5 heteroatoms. The molecule has 0 fully saturated rings. The van der Waals surface area contributed by atoms with Crippen molar-refractivity contribution in [2.24, 2.45) is 0 Å². The highest BCUT2D eigenvalue weighted by Crippen LogP contribution is 2.12. The number of hydrogen-bond acceptors (Lipinski definition) is 3. The lowest BCUT2D eigenvalue weighted by Crippen LogP contribution is -2.17. The van der Waals surface area contributed by atoms with Gasteiger partial charge in [-0.3, -0.25) is 0 Å². The molecule has 0 saturated carbocycles. The predicted molar refractivity (Wildman–Crippen MR) is 39.5 cm³/mol. The first-order valence-corrected chi connectivity index (χ1v) is 3.27. The highest BCUT2D eigenvalue weighted by atomic mass is 19.3. The molecule has 0 saturated heterocycles. The van der Waals surface area contributed by atoms with E-state index in [2.05, 4.69) is 4.84 Å². The van der Waals surface area contributed by atoms with Crippen LogP contribution in [0.3, 0.4) is 0 Å². The molecule has 0 N–H and O–H groups in total. The summed E-state index contributed by atoms with van der Waals surface area (Å²) < 4.78 is 24.2. The van der Waals surface area contributed by atoms with Crippen LogP contribution >= 0.6 is 0 Å². The van der Waals surface area contributed by atoms with Gasteiger partial charge in [0.1, 0.15) is 0 Å². The van der Waals surface area contributed by atoms with E-state index in [-0.39, 0.29) is 0 Å². The fourth-order valence-corrected chi connectivity index (χ4v) is 0.425. The maximum atomic E-state index is 12.1. The highest BCUT2D eigenvalue weighted by Gasteiger charge is 2.16.